The summed E-state index contributed by atoms with van der Waals surface area (Å²) in [6, 6.07) is 0. The molecule has 0 saturated heterocycles. The molecular weight excluding hydrogens is 113 g/mol. The van der Waals surface area contributed by atoms with Crippen molar-refractivity contribution in [3.63, 3.8) is 0 Å². The predicted molar refractivity (Wildman–Crippen MR) is 26.2 cm³/mol. The molecule has 0 heterocycles. The molecule has 0 aliphatic carbocycles. The molecule has 0 aromatic heterocycles. The van der Waals surface area contributed by atoms with Gasteiger partial charge in [0.1, 0.15) is 6.17 Å². The maximum Gasteiger partial charge on any atom is 0.306 e. The lowest BCUT2D eigenvalue weighted by atomic mass is 10.3. The molecule has 4 heteroatoms. The molecule has 0 aromatic rings. The third-order valence-electron chi connectivity index (χ3n) is 0.652. The Morgan fingerprint density at radius 3 is 2.50 bits per heavy atom. The Morgan fingerprint density at radius 1 is 1.88 bits per heavy atom. The van der Waals surface area contributed by atoms with E-state index in [4.69, 9.17) is 10.8 Å². The third-order valence-corrected chi connectivity index (χ3v) is 0.652. The summed E-state index contributed by atoms with van der Waals surface area (Å²) in [5.41, 5.74) is 4.78. The van der Waals surface area contributed by atoms with Crippen LogP contribution in [0.15, 0.2) is 0 Å². The van der Waals surface area contributed by atoms with Gasteiger partial charge in [0.25, 0.3) is 0 Å². The maximum absolute atomic E-state index is 11.9. The van der Waals surface area contributed by atoms with E-state index in [0.29, 0.717) is 0 Å². The van der Waals surface area contributed by atoms with Gasteiger partial charge in [-0.25, -0.2) is 4.39 Å². The van der Waals surface area contributed by atoms with E-state index in [1.54, 1.807) is 0 Å². The minimum Gasteiger partial charge on any atom is -0.481 e. The molecule has 3 N–H and O–H groups in total. The Morgan fingerprint density at radius 2 is 2.38 bits per heavy atom. The average Bonchev–Trinajstić information content (AvgIpc) is 1.65. The van der Waals surface area contributed by atoms with E-state index in [0.717, 1.165) is 0 Å². The number of hydrogen-bond donors (Lipinski definition) is 2. The number of carboxylic acid groups (broad SMARTS) is 1. The Hall–Kier alpha value is -0.640. The first-order valence-electron chi connectivity index (χ1n) is 2.22. The molecule has 0 aliphatic rings. The van der Waals surface area contributed by atoms with Gasteiger partial charge < -0.3 is 10.8 Å². The summed E-state index contributed by atoms with van der Waals surface area (Å²) in [6.07, 6.45) is -1.89. The molecule has 0 amide bonds. The fourth-order valence-corrected chi connectivity index (χ4v) is 0.273. The van der Waals surface area contributed by atoms with Crippen LogP contribution in [0.3, 0.4) is 0 Å². The van der Waals surface area contributed by atoms with Crippen molar-refractivity contribution in [2.24, 2.45) is 5.73 Å². The number of carboxylic acids is 1. The van der Waals surface area contributed by atoms with Crippen molar-refractivity contribution >= 4 is 5.97 Å². The number of halogens is 1. The average molecular weight is 121 g/mol. The van der Waals surface area contributed by atoms with Crippen LogP contribution in [0.5, 0.6) is 0 Å². The van der Waals surface area contributed by atoms with Crippen LogP contribution in [0, 0.1) is 0 Å². The zero-order valence-corrected chi connectivity index (χ0v) is 4.30. The largest absolute Gasteiger partial charge is 0.481 e. The molecule has 1 unspecified atom stereocenters. The second-order valence-electron chi connectivity index (χ2n) is 1.43. The predicted octanol–water partition coefficient (Wildman–Crippen LogP) is -0.242. The Bertz CT molecular complexity index is 86.1. The number of carbonyl (C=O) groups is 1. The Kier molecular flexibility index (Phi) is 3.10. The van der Waals surface area contributed by atoms with E-state index in [9.17, 15) is 9.18 Å². The SMILES string of the molecule is NCC(F)CC(=O)O. The first-order chi connectivity index (χ1) is 3.66. The molecule has 0 aromatic carbocycles. The summed E-state index contributed by atoms with van der Waals surface area (Å²) in [7, 11) is 0. The van der Waals surface area contributed by atoms with E-state index >= 15 is 0 Å². The molecule has 3 nitrogen and oxygen atoms in total. The lowest BCUT2D eigenvalue weighted by Gasteiger charge is -1.96. The van der Waals surface area contributed by atoms with E-state index in [2.05, 4.69) is 0 Å². The zero-order valence-electron chi connectivity index (χ0n) is 4.30. The van der Waals surface area contributed by atoms with Crippen LogP contribution in [0.2, 0.25) is 0 Å². The number of nitrogens with two attached hydrogens (primary N) is 1. The number of hydrogen-bond acceptors (Lipinski definition) is 2. The first-order valence-corrected chi connectivity index (χ1v) is 2.22. The van der Waals surface area contributed by atoms with E-state index < -0.39 is 18.6 Å². The Balaban J connectivity index is 3.24. The lowest BCUT2D eigenvalue weighted by Crippen LogP contribution is -2.18. The third kappa shape index (κ3) is 3.55. The highest BCUT2D eigenvalue weighted by Crippen LogP contribution is 1.92. The van der Waals surface area contributed by atoms with Crippen molar-refractivity contribution in [1.29, 1.82) is 0 Å². The first kappa shape index (κ1) is 7.36. The van der Waals surface area contributed by atoms with Gasteiger partial charge in [0.2, 0.25) is 0 Å². The maximum atomic E-state index is 11.9. The van der Waals surface area contributed by atoms with Crippen molar-refractivity contribution in [3.05, 3.63) is 0 Å². The van der Waals surface area contributed by atoms with E-state index in [-0.39, 0.29) is 6.54 Å². The number of rotatable bonds is 3. The van der Waals surface area contributed by atoms with E-state index in [1.807, 2.05) is 0 Å². The molecule has 0 radical (unpaired) electrons. The quantitative estimate of drug-likeness (QED) is 0.541. The van der Waals surface area contributed by atoms with Crippen molar-refractivity contribution < 1.29 is 14.3 Å². The van der Waals surface area contributed by atoms with E-state index in [1.165, 1.54) is 0 Å². The highest BCUT2D eigenvalue weighted by atomic mass is 19.1. The second kappa shape index (κ2) is 3.37. The summed E-state index contributed by atoms with van der Waals surface area (Å²) >= 11 is 0. The summed E-state index contributed by atoms with van der Waals surface area (Å²) in [4.78, 5) is 9.67. The van der Waals surface area contributed by atoms with Gasteiger partial charge in [-0.2, -0.15) is 0 Å². The fourth-order valence-electron chi connectivity index (χ4n) is 0.273. The lowest BCUT2D eigenvalue weighted by molar-refractivity contribution is -0.138. The molecule has 0 fully saturated rings. The highest BCUT2D eigenvalue weighted by Gasteiger charge is 2.07. The minimum absolute atomic E-state index is 0.216. The van der Waals surface area contributed by atoms with Gasteiger partial charge in [0.05, 0.1) is 6.42 Å². The summed E-state index contributed by atoms with van der Waals surface area (Å²) < 4.78 is 11.9. The van der Waals surface area contributed by atoms with Crippen molar-refractivity contribution in [1.82, 2.24) is 0 Å². The topological polar surface area (TPSA) is 63.3 Å². The monoisotopic (exact) mass is 121 g/mol. The Labute approximate surface area is 46.3 Å². The van der Waals surface area contributed by atoms with Crippen LogP contribution in [-0.2, 0) is 4.79 Å². The van der Waals surface area contributed by atoms with Crippen LogP contribution in [-0.4, -0.2) is 23.8 Å². The molecule has 8 heavy (non-hydrogen) atoms. The number of alkyl halides is 1. The van der Waals surface area contributed by atoms with Crippen LogP contribution in [0.1, 0.15) is 6.42 Å². The molecular formula is C4H8FNO2. The van der Waals surface area contributed by atoms with Crippen molar-refractivity contribution in [2.75, 3.05) is 6.54 Å². The van der Waals surface area contributed by atoms with Crippen molar-refractivity contribution in [3.8, 4) is 0 Å². The van der Waals surface area contributed by atoms with Gasteiger partial charge in [0, 0.05) is 6.54 Å². The van der Waals surface area contributed by atoms with Gasteiger partial charge >= 0.3 is 5.97 Å². The minimum atomic E-state index is -1.40. The van der Waals surface area contributed by atoms with Gasteiger partial charge in [-0.1, -0.05) is 0 Å². The van der Waals surface area contributed by atoms with Crippen LogP contribution >= 0.6 is 0 Å². The van der Waals surface area contributed by atoms with Gasteiger partial charge in [-0.05, 0) is 0 Å². The summed E-state index contributed by atoms with van der Waals surface area (Å²) in [5.74, 6) is -1.15. The van der Waals surface area contributed by atoms with Gasteiger partial charge in [0.15, 0.2) is 0 Å². The normalized spacial score (nSPS) is 13.2. The molecule has 1 atom stereocenters. The van der Waals surface area contributed by atoms with Gasteiger partial charge in [-0.15, -0.1) is 0 Å². The van der Waals surface area contributed by atoms with Crippen LogP contribution < -0.4 is 5.73 Å². The molecule has 48 valence electrons. The smallest absolute Gasteiger partial charge is 0.306 e. The zero-order chi connectivity index (χ0) is 6.57. The van der Waals surface area contributed by atoms with Crippen LogP contribution in [0.25, 0.3) is 0 Å². The van der Waals surface area contributed by atoms with Crippen molar-refractivity contribution in [2.45, 2.75) is 12.6 Å². The highest BCUT2D eigenvalue weighted by molar-refractivity contribution is 5.67. The summed E-state index contributed by atoms with van der Waals surface area (Å²) in [5, 5.41) is 7.92. The standard InChI is InChI=1S/C4H8FNO2/c5-3(2-6)1-4(7)8/h3H,1-2,6H2,(H,7,8). The molecule has 0 rings (SSSR count). The summed E-state index contributed by atoms with van der Waals surface area (Å²) in [6.45, 7) is -0.216. The van der Waals surface area contributed by atoms with Gasteiger partial charge in [-0.3, -0.25) is 4.79 Å². The number of aliphatic carboxylic acids is 1. The molecule has 0 saturated carbocycles. The molecule has 0 spiro atoms. The second-order valence-corrected chi connectivity index (χ2v) is 1.43. The molecule has 0 bridgehead atoms. The fraction of sp³-hybridized carbons (Fsp3) is 0.750. The van der Waals surface area contributed by atoms with Crippen LogP contribution in [0.4, 0.5) is 4.39 Å². The molecule has 0 aliphatic heterocycles.